The van der Waals surface area contributed by atoms with Gasteiger partial charge >= 0.3 is 11.9 Å². The van der Waals surface area contributed by atoms with Crippen LogP contribution in [0.2, 0.25) is 0 Å². The molecule has 226 valence electrons. The van der Waals surface area contributed by atoms with E-state index in [0.29, 0.717) is 38.7 Å². The lowest BCUT2D eigenvalue weighted by atomic mass is 9.91. The van der Waals surface area contributed by atoms with E-state index in [1.165, 1.54) is 54.8 Å². The third-order valence-corrected chi connectivity index (χ3v) is 8.17. The number of benzene rings is 3. The Morgan fingerprint density at radius 3 is 2.43 bits per heavy atom. The normalized spacial score (nSPS) is 13.5. The number of nitrogens with one attached hydrogen (secondary N) is 1. The first-order valence-corrected chi connectivity index (χ1v) is 14.3. The van der Waals surface area contributed by atoms with Gasteiger partial charge in [-0.3, -0.25) is 14.9 Å². The van der Waals surface area contributed by atoms with Crippen molar-refractivity contribution in [1.82, 2.24) is 0 Å². The lowest BCUT2D eigenvalue weighted by molar-refractivity contribution is -0.385. The predicted molar refractivity (Wildman–Crippen MR) is 166 cm³/mol. The number of ether oxygens (including phenoxy) is 3. The molecule has 1 N–H and O–H groups in total. The number of carbonyl (C=O) groups excluding carboxylic acids is 3. The van der Waals surface area contributed by atoms with Crippen molar-refractivity contribution in [3.63, 3.8) is 0 Å². The monoisotopic (exact) mass is 615 g/mol. The van der Waals surface area contributed by atoms with Crippen LogP contribution in [0.4, 0.5) is 17.1 Å². The second-order valence-electron chi connectivity index (χ2n) is 10.6. The summed E-state index contributed by atoms with van der Waals surface area (Å²) in [6.45, 7) is 5.32. The Morgan fingerprint density at radius 1 is 1.02 bits per heavy atom. The highest BCUT2D eigenvalue weighted by molar-refractivity contribution is 7.13. The number of likely N-dealkylation sites (N-methyl/N-ethyl adjacent to an activating group) is 1. The zero-order valence-electron chi connectivity index (χ0n) is 24.6. The van der Waals surface area contributed by atoms with Gasteiger partial charge in [0.2, 0.25) is 0 Å². The van der Waals surface area contributed by atoms with Crippen LogP contribution in [0.1, 0.15) is 44.3 Å². The molecule has 44 heavy (non-hydrogen) atoms. The van der Waals surface area contributed by atoms with Crippen LogP contribution in [0.3, 0.4) is 0 Å². The summed E-state index contributed by atoms with van der Waals surface area (Å²) in [6.07, 6.45) is 0. The molecular formula is C32H29N3O8S. The molecule has 1 aliphatic rings. The summed E-state index contributed by atoms with van der Waals surface area (Å²) < 4.78 is 16.9. The highest BCUT2D eigenvalue weighted by Crippen LogP contribution is 2.45. The zero-order valence-corrected chi connectivity index (χ0v) is 25.4. The van der Waals surface area contributed by atoms with Gasteiger partial charge in [0.15, 0.2) is 0 Å². The molecule has 11 nitrogen and oxygen atoms in total. The number of nitrogens with zero attached hydrogens (tertiary/aromatic N) is 2. The number of thiophene rings is 1. The summed E-state index contributed by atoms with van der Waals surface area (Å²) in [5.74, 6) is -1.14. The standard InChI is InChI=1S/C32H29N3O8S/c1-18-10-15-27(44-18)30(37)42-17-23-20(13-14-24-28(23)34(4)31(38)32(2,3)33-24)21-12-11-19(16-26(21)41-5)43-29(36)22-8-6-7-9-25(22)35(39)40/h6-16,33H,17H2,1-5H3. The molecule has 2 heterocycles. The molecule has 1 aliphatic heterocycles. The number of fused-ring (bicyclic) bond motifs is 1. The highest BCUT2D eigenvalue weighted by atomic mass is 32.1. The average Bonchev–Trinajstić information content (AvgIpc) is 3.44. The number of nitro benzene ring substituents is 1. The maximum atomic E-state index is 13.3. The number of amides is 1. The van der Waals surface area contributed by atoms with Crippen molar-refractivity contribution in [1.29, 1.82) is 0 Å². The summed E-state index contributed by atoms with van der Waals surface area (Å²) >= 11 is 1.32. The molecule has 0 saturated heterocycles. The Balaban J connectivity index is 1.54. The second kappa shape index (κ2) is 11.8. The fourth-order valence-corrected chi connectivity index (χ4v) is 5.87. The van der Waals surface area contributed by atoms with Gasteiger partial charge in [-0.1, -0.05) is 18.2 Å². The van der Waals surface area contributed by atoms with Crippen molar-refractivity contribution in [2.24, 2.45) is 0 Å². The molecule has 0 atom stereocenters. The van der Waals surface area contributed by atoms with Crippen LogP contribution in [0.5, 0.6) is 11.5 Å². The number of aryl methyl sites for hydroxylation is 1. The molecule has 0 saturated carbocycles. The maximum Gasteiger partial charge on any atom is 0.350 e. The Kier molecular flexibility index (Phi) is 8.11. The van der Waals surface area contributed by atoms with Crippen molar-refractivity contribution in [2.75, 3.05) is 24.4 Å². The fourth-order valence-electron chi connectivity index (χ4n) is 5.11. The molecule has 12 heteroatoms. The van der Waals surface area contributed by atoms with Crippen LogP contribution < -0.4 is 19.7 Å². The van der Waals surface area contributed by atoms with Gasteiger partial charge in [0.25, 0.3) is 11.6 Å². The molecular weight excluding hydrogens is 586 g/mol. The van der Waals surface area contributed by atoms with E-state index < -0.39 is 22.4 Å². The van der Waals surface area contributed by atoms with Crippen molar-refractivity contribution in [2.45, 2.75) is 32.9 Å². The van der Waals surface area contributed by atoms with E-state index in [2.05, 4.69) is 5.32 Å². The van der Waals surface area contributed by atoms with Crippen molar-refractivity contribution in [3.05, 3.63) is 97.7 Å². The molecule has 1 amide bonds. The van der Waals surface area contributed by atoms with Crippen LogP contribution in [-0.4, -0.2) is 42.5 Å². The number of carbonyl (C=O) groups is 3. The van der Waals surface area contributed by atoms with Crippen molar-refractivity contribution >= 4 is 46.2 Å². The summed E-state index contributed by atoms with van der Waals surface area (Å²) in [5.41, 5.74) is 1.57. The van der Waals surface area contributed by atoms with Gasteiger partial charge in [0, 0.05) is 35.2 Å². The van der Waals surface area contributed by atoms with Gasteiger partial charge in [-0.25, -0.2) is 9.59 Å². The minimum atomic E-state index is -0.897. The predicted octanol–water partition coefficient (Wildman–Crippen LogP) is 6.38. The van der Waals surface area contributed by atoms with Crippen LogP contribution in [0.25, 0.3) is 11.1 Å². The lowest BCUT2D eigenvalue weighted by Gasteiger charge is -2.39. The number of hydrogen-bond donors (Lipinski definition) is 1. The average molecular weight is 616 g/mol. The molecule has 1 aromatic heterocycles. The van der Waals surface area contributed by atoms with E-state index in [0.717, 1.165) is 4.88 Å². The number of rotatable bonds is 8. The minimum Gasteiger partial charge on any atom is -0.496 e. The number of hydrogen-bond acceptors (Lipinski definition) is 10. The van der Waals surface area contributed by atoms with Crippen LogP contribution in [0, 0.1) is 17.0 Å². The van der Waals surface area contributed by atoms with Crippen molar-refractivity contribution < 1.29 is 33.5 Å². The Morgan fingerprint density at radius 2 is 1.75 bits per heavy atom. The number of methoxy groups -OCH3 is 1. The first kappa shape index (κ1) is 30.2. The Hall–Kier alpha value is -5.23. The van der Waals surface area contributed by atoms with E-state index in [1.807, 2.05) is 25.1 Å². The Bertz CT molecular complexity index is 1810. The SMILES string of the molecule is COc1cc(OC(=O)c2ccccc2[N+](=O)[O-])ccc1-c1ccc2c(c1COC(=O)c1ccc(C)s1)N(C)C(=O)C(C)(C)N2. The van der Waals surface area contributed by atoms with E-state index in [4.69, 9.17) is 14.2 Å². The smallest absolute Gasteiger partial charge is 0.350 e. The number of nitro groups is 1. The van der Waals surface area contributed by atoms with Gasteiger partial charge in [-0.05, 0) is 62.7 Å². The van der Waals surface area contributed by atoms with Gasteiger partial charge in [0.05, 0.1) is 23.4 Å². The molecule has 0 unspecified atom stereocenters. The van der Waals surface area contributed by atoms with E-state index >= 15 is 0 Å². The molecule has 0 radical (unpaired) electrons. The highest BCUT2D eigenvalue weighted by Gasteiger charge is 2.39. The summed E-state index contributed by atoms with van der Waals surface area (Å²) in [4.78, 5) is 52.7. The molecule has 4 aromatic rings. The third-order valence-electron chi connectivity index (χ3n) is 7.19. The quantitative estimate of drug-likeness (QED) is 0.104. The van der Waals surface area contributed by atoms with Gasteiger partial charge < -0.3 is 24.4 Å². The summed E-state index contributed by atoms with van der Waals surface area (Å²) in [7, 11) is 3.12. The van der Waals surface area contributed by atoms with Crippen molar-refractivity contribution in [3.8, 4) is 22.6 Å². The van der Waals surface area contributed by atoms with Crippen LogP contribution >= 0.6 is 11.3 Å². The number of para-hydroxylation sites is 1. The van der Waals surface area contributed by atoms with Crippen LogP contribution in [-0.2, 0) is 16.1 Å². The van der Waals surface area contributed by atoms with Crippen LogP contribution in [0.15, 0.2) is 66.7 Å². The molecule has 5 rings (SSSR count). The fraction of sp³-hybridized carbons (Fsp3) is 0.219. The van der Waals surface area contributed by atoms with Gasteiger partial charge in [-0.15, -0.1) is 11.3 Å². The number of esters is 2. The third kappa shape index (κ3) is 5.71. The summed E-state index contributed by atoms with van der Waals surface area (Å²) in [6, 6.07) is 17.4. The summed E-state index contributed by atoms with van der Waals surface area (Å²) in [5, 5.41) is 14.7. The molecule has 0 spiro atoms. The Labute approximate surface area is 257 Å². The topological polar surface area (TPSA) is 137 Å². The van der Waals surface area contributed by atoms with Gasteiger partial charge in [-0.2, -0.15) is 0 Å². The van der Waals surface area contributed by atoms with Gasteiger partial charge in [0.1, 0.15) is 34.1 Å². The minimum absolute atomic E-state index is 0.100. The lowest BCUT2D eigenvalue weighted by Crippen LogP contribution is -2.52. The second-order valence-corrected chi connectivity index (χ2v) is 11.9. The molecule has 0 bridgehead atoms. The first-order chi connectivity index (χ1) is 20.9. The zero-order chi connectivity index (χ0) is 31.8. The van der Waals surface area contributed by atoms with E-state index in [9.17, 15) is 24.5 Å². The molecule has 3 aromatic carbocycles. The molecule has 0 aliphatic carbocycles. The van der Waals surface area contributed by atoms with E-state index in [1.54, 1.807) is 37.9 Å². The first-order valence-electron chi connectivity index (χ1n) is 13.5. The largest absolute Gasteiger partial charge is 0.496 e. The maximum absolute atomic E-state index is 13.3. The number of anilines is 2. The van der Waals surface area contributed by atoms with E-state index in [-0.39, 0.29) is 29.5 Å². The molecule has 0 fully saturated rings.